The van der Waals surface area contributed by atoms with E-state index in [0.29, 0.717) is 19.4 Å². The van der Waals surface area contributed by atoms with Crippen molar-refractivity contribution in [3.8, 4) is 0 Å². The van der Waals surface area contributed by atoms with Gasteiger partial charge in [-0.2, -0.15) is 0 Å². The Morgan fingerprint density at radius 3 is 2.52 bits per heavy atom. The molecule has 1 aliphatic carbocycles. The lowest BCUT2D eigenvalue weighted by Gasteiger charge is -2.26. The van der Waals surface area contributed by atoms with Crippen LogP contribution in [0.4, 0.5) is 0 Å². The third-order valence-electron chi connectivity index (χ3n) is 3.77. The SMILES string of the molecule is CCC(CNC(=O)C1CCCC(O)C1)C(=O)OC(C)(C)C. The second-order valence-electron chi connectivity index (χ2n) is 6.90. The number of hydrogen-bond donors (Lipinski definition) is 2. The lowest BCUT2D eigenvalue weighted by atomic mass is 9.86. The summed E-state index contributed by atoms with van der Waals surface area (Å²) in [4.78, 5) is 24.1. The Morgan fingerprint density at radius 1 is 1.33 bits per heavy atom. The minimum Gasteiger partial charge on any atom is -0.460 e. The van der Waals surface area contributed by atoms with Gasteiger partial charge < -0.3 is 15.2 Å². The normalized spacial score (nSPS) is 24.2. The van der Waals surface area contributed by atoms with Crippen molar-refractivity contribution in [3.63, 3.8) is 0 Å². The van der Waals surface area contributed by atoms with E-state index >= 15 is 0 Å². The highest BCUT2D eigenvalue weighted by Gasteiger charge is 2.28. The minimum absolute atomic E-state index is 0.0595. The maximum atomic E-state index is 12.1. The molecule has 0 aliphatic heterocycles. The molecular formula is C16H29NO4. The molecule has 1 amide bonds. The summed E-state index contributed by atoms with van der Waals surface area (Å²) in [5.74, 6) is -0.781. The molecular weight excluding hydrogens is 270 g/mol. The van der Waals surface area contributed by atoms with Crippen molar-refractivity contribution < 1.29 is 19.4 Å². The summed E-state index contributed by atoms with van der Waals surface area (Å²) in [6.07, 6.45) is 3.24. The molecule has 1 saturated carbocycles. The standard InChI is InChI=1S/C16H29NO4/c1-5-11(15(20)21-16(2,3)4)10-17-14(19)12-7-6-8-13(18)9-12/h11-13,18H,5-10H2,1-4H3,(H,17,19). The van der Waals surface area contributed by atoms with Gasteiger partial charge in [-0.25, -0.2) is 0 Å². The number of rotatable bonds is 5. The lowest BCUT2D eigenvalue weighted by Crippen LogP contribution is -2.40. The molecule has 0 aromatic carbocycles. The van der Waals surface area contributed by atoms with Crippen LogP contribution in [0.15, 0.2) is 0 Å². The number of carbonyl (C=O) groups is 2. The summed E-state index contributed by atoms with van der Waals surface area (Å²) in [6.45, 7) is 7.71. The van der Waals surface area contributed by atoms with Crippen LogP contribution in [0.2, 0.25) is 0 Å². The third-order valence-corrected chi connectivity index (χ3v) is 3.77. The van der Waals surface area contributed by atoms with Crippen LogP contribution in [0, 0.1) is 11.8 Å². The molecule has 3 unspecified atom stereocenters. The Hall–Kier alpha value is -1.10. The van der Waals surface area contributed by atoms with Crippen LogP contribution in [0.25, 0.3) is 0 Å². The molecule has 1 aliphatic rings. The smallest absolute Gasteiger partial charge is 0.311 e. The quantitative estimate of drug-likeness (QED) is 0.762. The Bertz CT molecular complexity index is 362. The van der Waals surface area contributed by atoms with E-state index in [9.17, 15) is 14.7 Å². The molecule has 1 fully saturated rings. The van der Waals surface area contributed by atoms with Crippen LogP contribution in [-0.4, -0.2) is 35.2 Å². The Balaban J connectivity index is 2.43. The predicted molar refractivity (Wildman–Crippen MR) is 80.6 cm³/mol. The molecule has 0 bridgehead atoms. The number of nitrogens with one attached hydrogen (secondary N) is 1. The minimum atomic E-state index is -0.512. The number of ether oxygens (including phenoxy) is 1. The highest BCUT2D eigenvalue weighted by molar-refractivity contribution is 5.80. The van der Waals surface area contributed by atoms with Gasteiger partial charge in [-0.15, -0.1) is 0 Å². The van der Waals surface area contributed by atoms with Crippen molar-refractivity contribution in [2.75, 3.05) is 6.54 Å². The Kier molecular flexibility index (Phi) is 6.65. The van der Waals surface area contributed by atoms with Crippen molar-refractivity contribution in [3.05, 3.63) is 0 Å². The first-order chi connectivity index (χ1) is 9.73. The Morgan fingerprint density at radius 2 is 2.00 bits per heavy atom. The van der Waals surface area contributed by atoms with E-state index in [-0.39, 0.29) is 29.8 Å². The lowest BCUT2D eigenvalue weighted by molar-refractivity contribution is -0.160. The fourth-order valence-electron chi connectivity index (χ4n) is 2.55. The van der Waals surface area contributed by atoms with Crippen LogP contribution >= 0.6 is 0 Å². The van der Waals surface area contributed by atoms with Gasteiger partial charge >= 0.3 is 5.97 Å². The van der Waals surface area contributed by atoms with Crippen LogP contribution in [-0.2, 0) is 14.3 Å². The van der Waals surface area contributed by atoms with Crippen molar-refractivity contribution in [1.29, 1.82) is 0 Å². The first kappa shape index (κ1) is 18.0. The van der Waals surface area contributed by atoms with Gasteiger partial charge in [0, 0.05) is 12.5 Å². The summed E-state index contributed by atoms with van der Waals surface area (Å²) < 4.78 is 5.36. The van der Waals surface area contributed by atoms with Crippen LogP contribution in [0.5, 0.6) is 0 Å². The molecule has 0 aromatic rings. The first-order valence-corrected chi connectivity index (χ1v) is 7.91. The van der Waals surface area contributed by atoms with Gasteiger partial charge in [-0.3, -0.25) is 9.59 Å². The number of aliphatic hydroxyl groups excluding tert-OH is 1. The first-order valence-electron chi connectivity index (χ1n) is 7.91. The number of esters is 1. The van der Waals surface area contributed by atoms with Crippen LogP contribution in [0.3, 0.4) is 0 Å². The van der Waals surface area contributed by atoms with E-state index in [1.807, 2.05) is 27.7 Å². The zero-order valence-corrected chi connectivity index (χ0v) is 13.6. The summed E-state index contributed by atoms with van der Waals surface area (Å²) in [5, 5.41) is 12.5. The maximum absolute atomic E-state index is 12.1. The average Bonchev–Trinajstić information content (AvgIpc) is 2.37. The van der Waals surface area contributed by atoms with Gasteiger partial charge in [0.2, 0.25) is 5.91 Å². The molecule has 2 N–H and O–H groups in total. The Labute approximate surface area is 127 Å². The van der Waals surface area contributed by atoms with E-state index in [1.54, 1.807) is 0 Å². The van der Waals surface area contributed by atoms with Gasteiger partial charge in [-0.1, -0.05) is 13.3 Å². The molecule has 0 saturated heterocycles. The maximum Gasteiger partial charge on any atom is 0.311 e. The number of amides is 1. The molecule has 3 atom stereocenters. The van der Waals surface area contributed by atoms with Gasteiger partial charge in [-0.05, 0) is 46.5 Å². The number of carbonyl (C=O) groups excluding carboxylic acids is 2. The van der Waals surface area contributed by atoms with E-state index in [1.165, 1.54) is 0 Å². The summed E-state index contributed by atoms with van der Waals surface area (Å²) >= 11 is 0. The van der Waals surface area contributed by atoms with Gasteiger partial charge in [0.1, 0.15) is 5.60 Å². The second kappa shape index (κ2) is 7.78. The highest BCUT2D eigenvalue weighted by atomic mass is 16.6. The van der Waals surface area contributed by atoms with Crippen molar-refractivity contribution in [2.24, 2.45) is 11.8 Å². The highest BCUT2D eigenvalue weighted by Crippen LogP contribution is 2.24. The van der Waals surface area contributed by atoms with E-state index in [4.69, 9.17) is 4.74 Å². The van der Waals surface area contributed by atoms with Gasteiger partial charge in [0.05, 0.1) is 12.0 Å². The predicted octanol–water partition coefficient (Wildman–Crippen LogP) is 2.02. The zero-order valence-electron chi connectivity index (χ0n) is 13.6. The molecule has 5 nitrogen and oxygen atoms in total. The van der Waals surface area contributed by atoms with E-state index < -0.39 is 5.60 Å². The molecule has 0 aromatic heterocycles. The molecule has 122 valence electrons. The van der Waals surface area contributed by atoms with Crippen molar-refractivity contribution in [2.45, 2.75) is 71.5 Å². The summed E-state index contributed by atoms with van der Waals surface area (Å²) in [7, 11) is 0. The largest absolute Gasteiger partial charge is 0.460 e. The third kappa shape index (κ3) is 6.46. The van der Waals surface area contributed by atoms with E-state index in [2.05, 4.69) is 5.32 Å². The topological polar surface area (TPSA) is 75.6 Å². The van der Waals surface area contributed by atoms with Crippen LogP contribution in [0.1, 0.15) is 59.8 Å². The molecule has 1 rings (SSSR count). The molecule has 21 heavy (non-hydrogen) atoms. The van der Waals surface area contributed by atoms with E-state index in [0.717, 1.165) is 19.3 Å². The fraction of sp³-hybridized carbons (Fsp3) is 0.875. The molecule has 0 radical (unpaired) electrons. The monoisotopic (exact) mass is 299 g/mol. The molecule has 0 heterocycles. The average molecular weight is 299 g/mol. The second-order valence-corrected chi connectivity index (χ2v) is 6.90. The fourth-order valence-corrected chi connectivity index (χ4v) is 2.55. The van der Waals surface area contributed by atoms with Gasteiger partial charge in [0.15, 0.2) is 0 Å². The van der Waals surface area contributed by atoms with Crippen LogP contribution < -0.4 is 5.32 Å². The number of aliphatic hydroxyl groups is 1. The zero-order chi connectivity index (χ0) is 16.0. The van der Waals surface area contributed by atoms with Gasteiger partial charge in [0.25, 0.3) is 0 Å². The number of hydrogen-bond acceptors (Lipinski definition) is 4. The summed E-state index contributed by atoms with van der Waals surface area (Å²) in [6, 6.07) is 0. The summed E-state index contributed by atoms with van der Waals surface area (Å²) in [5.41, 5.74) is -0.512. The molecule has 0 spiro atoms. The molecule has 5 heteroatoms. The van der Waals surface area contributed by atoms with Crippen molar-refractivity contribution >= 4 is 11.9 Å². The van der Waals surface area contributed by atoms with Crippen molar-refractivity contribution in [1.82, 2.24) is 5.32 Å².